The van der Waals surface area contributed by atoms with Crippen LogP contribution in [0.3, 0.4) is 0 Å². The highest BCUT2D eigenvalue weighted by molar-refractivity contribution is 5.83. The number of carbonyl (C=O) groups excluding carboxylic acids is 2. The fourth-order valence-electron chi connectivity index (χ4n) is 3.90. The first-order chi connectivity index (χ1) is 15.9. The van der Waals surface area contributed by atoms with E-state index in [2.05, 4.69) is 34.9 Å². The molecule has 1 aliphatic rings. The van der Waals surface area contributed by atoms with E-state index in [0.717, 1.165) is 11.1 Å². The van der Waals surface area contributed by atoms with Crippen LogP contribution in [-0.4, -0.2) is 55.5 Å². The Labute approximate surface area is 193 Å². The molecular weight excluding hydrogens is 424 g/mol. The molecule has 1 aliphatic carbocycles. The van der Waals surface area contributed by atoms with Crippen molar-refractivity contribution >= 4 is 18.0 Å². The molecular formula is C25H30N2O6. The number of aliphatic carboxylic acids is 1. The highest BCUT2D eigenvalue weighted by Crippen LogP contribution is 2.44. The third-order valence-electron chi connectivity index (χ3n) is 5.58. The van der Waals surface area contributed by atoms with Gasteiger partial charge < -0.3 is 25.2 Å². The zero-order valence-electron chi connectivity index (χ0n) is 18.9. The van der Waals surface area contributed by atoms with Gasteiger partial charge in [0.1, 0.15) is 12.6 Å². The molecule has 0 saturated heterocycles. The fourth-order valence-corrected chi connectivity index (χ4v) is 3.90. The van der Waals surface area contributed by atoms with Crippen molar-refractivity contribution in [1.29, 1.82) is 0 Å². The van der Waals surface area contributed by atoms with Crippen LogP contribution in [0.5, 0.6) is 0 Å². The molecule has 2 amide bonds. The van der Waals surface area contributed by atoms with E-state index in [4.69, 9.17) is 14.6 Å². The Kier molecular flexibility index (Phi) is 8.43. The van der Waals surface area contributed by atoms with E-state index in [0.29, 0.717) is 0 Å². The Bertz CT molecular complexity index is 945. The second kappa shape index (κ2) is 11.5. The van der Waals surface area contributed by atoms with E-state index in [9.17, 15) is 14.4 Å². The predicted octanol–water partition coefficient (Wildman–Crippen LogP) is 3.16. The van der Waals surface area contributed by atoms with Gasteiger partial charge in [0.05, 0.1) is 13.2 Å². The first kappa shape index (κ1) is 24.3. The van der Waals surface area contributed by atoms with Crippen molar-refractivity contribution in [1.82, 2.24) is 10.6 Å². The largest absolute Gasteiger partial charge is 0.480 e. The summed E-state index contributed by atoms with van der Waals surface area (Å²) in [4.78, 5) is 35.1. The quantitative estimate of drug-likeness (QED) is 0.450. The van der Waals surface area contributed by atoms with Crippen LogP contribution < -0.4 is 10.6 Å². The number of nitrogens with one attached hydrogen (secondary N) is 2. The predicted molar refractivity (Wildman–Crippen MR) is 123 cm³/mol. The maximum atomic E-state index is 12.1. The number of fused-ring (bicyclic) bond motifs is 3. The minimum Gasteiger partial charge on any atom is -0.480 e. The van der Waals surface area contributed by atoms with Gasteiger partial charge in [0, 0.05) is 18.9 Å². The van der Waals surface area contributed by atoms with Crippen LogP contribution in [0.15, 0.2) is 48.5 Å². The highest BCUT2D eigenvalue weighted by atomic mass is 16.5. The van der Waals surface area contributed by atoms with E-state index in [-0.39, 0.29) is 50.5 Å². The van der Waals surface area contributed by atoms with Gasteiger partial charge in [-0.3, -0.25) is 4.79 Å². The van der Waals surface area contributed by atoms with E-state index in [1.165, 1.54) is 11.1 Å². The molecule has 3 N–H and O–H groups in total. The lowest BCUT2D eigenvalue weighted by Crippen LogP contribution is -2.44. The number of alkyl carbamates (subject to hydrolysis) is 1. The van der Waals surface area contributed by atoms with Crippen LogP contribution in [-0.2, 0) is 19.1 Å². The second-order valence-electron chi connectivity index (χ2n) is 8.24. The monoisotopic (exact) mass is 454 g/mol. The van der Waals surface area contributed by atoms with Crippen molar-refractivity contribution in [2.45, 2.75) is 32.2 Å². The average molecular weight is 455 g/mol. The van der Waals surface area contributed by atoms with Crippen molar-refractivity contribution in [3.63, 3.8) is 0 Å². The number of carbonyl (C=O) groups is 3. The van der Waals surface area contributed by atoms with E-state index >= 15 is 0 Å². The first-order valence-corrected chi connectivity index (χ1v) is 11.1. The molecule has 3 rings (SSSR count). The number of hydrogen-bond donors (Lipinski definition) is 3. The number of carboxylic acid groups (broad SMARTS) is 1. The molecule has 0 saturated carbocycles. The third kappa shape index (κ3) is 6.32. The highest BCUT2D eigenvalue weighted by Gasteiger charge is 2.29. The first-order valence-electron chi connectivity index (χ1n) is 11.1. The van der Waals surface area contributed by atoms with Gasteiger partial charge >= 0.3 is 12.1 Å². The number of amides is 2. The van der Waals surface area contributed by atoms with E-state index < -0.39 is 18.1 Å². The van der Waals surface area contributed by atoms with Crippen molar-refractivity contribution in [2.75, 3.05) is 26.4 Å². The van der Waals surface area contributed by atoms with Crippen LogP contribution in [0.2, 0.25) is 0 Å². The molecule has 0 spiro atoms. The molecule has 8 heteroatoms. The normalized spacial score (nSPS) is 13.2. The van der Waals surface area contributed by atoms with Gasteiger partial charge in [-0.2, -0.15) is 0 Å². The Balaban J connectivity index is 1.34. The summed E-state index contributed by atoms with van der Waals surface area (Å²) in [6.07, 6.45) is -0.485. The summed E-state index contributed by atoms with van der Waals surface area (Å²) in [5.41, 5.74) is 4.64. The molecule has 0 heterocycles. The topological polar surface area (TPSA) is 114 Å². The third-order valence-corrected chi connectivity index (χ3v) is 5.58. The Morgan fingerprint density at radius 1 is 0.970 bits per heavy atom. The van der Waals surface area contributed by atoms with E-state index in [1.807, 2.05) is 24.3 Å². The zero-order valence-corrected chi connectivity index (χ0v) is 18.9. The standard InChI is InChI=1S/C25H30N2O6/c1-16(2)23(24(29)30)27-22(28)11-13-32-14-12-26-25(31)33-15-21-19-9-5-3-7-17(19)18-8-4-6-10-20(18)21/h3-10,16,21,23H,11-15H2,1-2H3,(H,26,31)(H,27,28)(H,29,30). The van der Waals surface area contributed by atoms with Crippen molar-refractivity contribution in [3.8, 4) is 11.1 Å². The number of benzene rings is 2. The molecule has 2 aromatic rings. The van der Waals surface area contributed by atoms with Gasteiger partial charge in [0.2, 0.25) is 5.91 Å². The molecule has 1 atom stereocenters. The van der Waals surface area contributed by atoms with Crippen molar-refractivity contribution in [2.24, 2.45) is 5.92 Å². The van der Waals surface area contributed by atoms with Gasteiger partial charge in [-0.25, -0.2) is 9.59 Å². The van der Waals surface area contributed by atoms with Crippen molar-refractivity contribution < 1.29 is 29.0 Å². The molecule has 0 fully saturated rings. The van der Waals surface area contributed by atoms with Gasteiger partial charge in [-0.05, 0) is 28.2 Å². The van der Waals surface area contributed by atoms with E-state index in [1.54, 1.807) is 13.8 Å². The summed E-state index contributed by atoms with van der Waals surface area (Å²) in [6, 6.07) is 15.3. The minimum absolute atomic E-state index is 0.00150. The minimum atomic E-state index is -1.06. The molecule has 33 heavy (non-hydrogen) atoms. The summed E-state index contributed by atoms with van der Waals surface area (Å²) in [5.74, 6) is -1.67. The number of hydrogen-bond acceptors (Lipinski definition) is 5. The SMILES string of the molecule is CC(C)C(NC(=O)CCOCCNC(=O)OCC1c2ccccc2-c2ccccc21)C(=O)O. The summed E-state index contributed by atoms with van der Waals surface area (Å²) in [5, 5.41) is 14.2. The Morgan fingerprint density at radius 2 is 1.58 bits per heavy atom. The Hall–Kier alpha value is -3.39. The maximum Gasteiger partial charge on any atom is 0.407 e. The number of ether oxygens (including phenoxy) is 2. The van der Waals surface area contributed by atoms with Crippen LogP contribution in [0.4, 0.5) is 4.79 Å². The van der Waals surface area contributed by atoms with Gasteiger partial charge in [0.15, 0.2) is 0 Å². The summed E-state index contributed by atoms with van der Waals surface area (Å²) >= 11 is 0. The zero-order chi connectivity index (χ0) is 23.8. The van der Waals surface area contributed by atoms with Gasteiger partial charge in [-0.15, -0.1) is 0 Å². The summed E-state index contributed by atoms with van der Waals surface area (Å²) in [7, 11) is 0. The molecule has 0 aliphatic heterocycles. The van der Waals surface area contributed by atoms with Gasteiger partial charge in [-0.1, -0.05) is 62.4 Å². The van der Waals surface area contributed by atoms with Crippen LogP contribution in [0, 0.1) is 5.92 Å². The lowest BCUT2D eigenvalue weighted by atomic mass is 9.98. The summed E-state index contributed by atoms with van der Waals surface area (Å²) in [6.45, 7) is 4.27. The number of carboxylic acids is 1. The summed E-state index contributed by atoms with van der Waals surface area (Å²) < 4.78 is 10.8. The molecule has 8 nitrogen and oxygen atoms in total. The molecule has 0 radical (unpaired) electrons. The lowest BCUT2D eigenvalue weighted by molar-refractivity contribution is -0.143. The number of rotatable bonds is 11. The molecule has 176 valence electrons. The average Bonchev–Trinajstić information content (AvgIpc) is 3.11. The van der Waals surface area contributed by atoms with Crippen LogP contribution in [0.1, 0.15) is 37.3 Å². The fraction of sp³-hybridized carbons (Fsp3) is 0.400. The smallest absolute Gasteiger partial charge is 0.407 e. The molecule has 2 aromatic carbocycles. The lowest BCUT2D eigenvalue weighted by Gasteiger charge is -2.17. The molecule has 0 bridgehead atoms. The second-order valence-corrected chi connectivity index (χ2v) is 8.24. The van der Waals surface area contributed by atoms with Crippen LogP contribution in [0.25, 0.3) is 11.1 Å². The Morgan fingerprint density at radius 3 is 2.15 bits per heavy atom. The molecule has 0 aromatic heterocycles. The molecule has 1 unspecified atom stereocenters. The maximum absolute atomic E-state index is 12.1. The van der Waals surface area contributed by atoms with Gasteiger partial charge in [0.25, 0.3) is 0 Å². The van der Waals surface area contributed by atoms with Crippen molar-refractivity contribution in [3.05, 3.63) is 59.7 Å². The van der Waals surface area contributed by atoms with Crippen LogP contribution >= 0.6 is 0 Å².